The molecule has 0 aromatic carbocycles. The van der Waals surface area contributed by atoms with E-state index < -0.39 is 5.97 Å². The second-order valence-corrected chi connectivity index (χ2v) is 4.13. The number of aromatic nitrogens is 2. The van der Waals surface area contributed by atoms with Crippen LogP contribution < -0.4 is 5.32 Å². The lowest BCUT2D eigenvalue weighted by molar-refractivity contribution is -0.138. The Morgan fingerprint density at radius 1 is 1.53 bits per heavy atom. The molecule has 94 valence electrons. The first-order valence-electron chi connectivity index (χ1n) is 5.44. The standard InChI is InChI=1S/C11H17N3O3/c1-8(6-11(16)17)5-10(15)12-7-9-3-4-13-14(9)2/h3-4,8H,5-7H2,1-2H3,(H,12,15)(H,16,17). The monoisotopic (exact) mass is 239 g/mol. The predicted molar refractivity (Wildman–Crippen MR) is 61.1 cm³/mol. The van der Waals surface area contributed by atoms with E-state index in [0.717, 1.165) is 5.69 Å². The summed E-state index contributed by atoms with van der Waals surface area (Å²) in [6, 6.07) is 1.82. The van der Waals surface area contributed by atoms with Crippen molar-refractivity contribution in [3.63, 3.8) is 0 Å². The summed E-state index contributed by atoms with van der Waals surface area (Å²) in [5.41, 5.74) is 0.907. The summed E-state index contributed by atoms with van der Waals surface area (Å²) in [6.07, 6.45) is 1.90. The molecular formula is C11H17N3O3. The van der Waals surface area contributed by atoms with Crippen molar-refractivity contribution in [2.75, 3.05) is 0 Å². The lowest BCUT2D eigenvalue weighted by Gasteiger charge is -2.09. The van der Waals surface area contributed by atoms with Crippen molar-refractivity contribution in [1.82, 2.24) is 15.1 Å². The summed E-state index contributed by atoms with van der Waals surface area (Å²) >= 11 is 0. The molecule has 0 aliphatic heterocycles. The van der Waals surface area contributed by atoms with Crippen LogP contribution in [0.25, 0.3) is 0 Å². The fourth-order valence-corrected chi connectivity index (χ4v) is 1.52. The van der Waals surface area contributed by atoms with Crippen LogP contribution in [0.3, 0.4) is 0 Å². The van der Waals surface area contributed by atoms with E-state index in [4.69, 9.17) is 5.11 Å². The van der Waals surface area contributed by atoms with Gasteiger partial charge in [0.2, 0.25) is 5.91 Å². The van der Waals surface area contributed by atoms with Crippen molar-refractivity contribution in [2.24, 2.45) is 13.0 Å². The molecule has 17 heavy (non-hydrogen) atoms. The minimum Gasteiger partial charge on any atom is -0.481 e. The zero-order chi connectivity index (χ0) is 12.8. The predicted octanol–water partition coefficient (Wildman–Crippen LogP) is 0.537. The summed E-state index contributed by atoms with van der Waals surface area (Å²) in [4.78, 5) is 21.9. The van der Waals surface area contributed by atoms with Gasteiger partial charge in [0.15, 0.2) is 0 Å². The van der Waals surface area contributed by atoms with Crippen LogP contribution in [-0.2, 0) is 23.2 Å². The largest absolute Gasteiger partial charge is 0.481 e. The molecule has 0 aliphatic rings. The van der Waals surface area contributed by atoms with E-state index in [1.165, 1.54) is 0 Å². The second kappa shape index (κ2) is 6.03. The number of rotatable bonds is 6. The average molecular weight is 239 g/mol. The van der Waals surface area contributed by atoms with Gasteiger partial charge in [0.1, 0.15) is 0 Å². The highest BCUT2D eigenvalue weighted by molar-refractivity contribution is 5.77. The van der Waals surface area contributed by atoms with Gasteiger partial charge in [0, 0.05) is 26.1 Å². The van der Waals surface area contributed by atoms with Crippen molar-refractivity contribution in [3.8, 4) is 0 Å². The molecule has 0 saturated heterocycles. The first kappa shape index (κ1) is 13.2. The number of nitrogens with one attached hydrogen (secondary N) is 1. The number of hydrogen-bond acceptors (Lipinski definition) is 3. The minimum atomic E-state index is -0.878. The van der Waals surface area contributed by atoms with Crippen LogP contribution in [-0.4, -0.2) is 26.8 Å². The molecule has 1 amide bonds. The number of aliphatic carboxylic acids is 1. The number of carbonyl (C=O) groups is 2. The summed E-state index contributed by atoms with van der Waals surface area (Å²) in [5.74, 6) is -1.17. The first-order chi connectivity index (χ1) is 7.99. The highest BCUT2D eigenvalue weighted by atomic mass is 16.4. The summed E-state index contributed by atoms with van der Waals surface area (Å²) < 4.78 is 1.68. The van der Waals surface area contributed by atoms with Gasteiger partial charge in [-0.05, 0) is 12.0 Å². The van der Waals surface area contributed by atoms with Crippen LogP contribution in [0.2, 0.25) is 0 Å². The van der Waals surface area contributed by atoms with Crippen molar-refractivity contribution in [3.05, 3.63) is 18.0 Å². The van der Waals surface area contributed by atoms with Gasteiger partial charge in [-0.25, -0.2) is 0 Å². The second-order valence-electron chi connectivity index (χ2n) is 4.13. The topological polar surface area (TPSA) is 84.2 Å². The van der Waals surface area contributed by atoms with Gasteiger partial charge in [-0.3, -0.25) is 14.3 Å². The van der Waals surface area contributed by atoms with Crippen molar-refractivity contribution >= 4 is 11.9 Å². The Hall–Kier alpha value is -1.85. The molecule has 6 nitrogen and oxygen atoms in total. The molecule has 6 heteroatoms. The molecule has 1 heterocycles. The summed E-state index contributed by atoms with van der Waals surface area (Å²) in [5, 5.41) is 15.3. The molecule has 0 spiro atoms. The lowest BCUT2D eigenvalue weighted by Crippen LogP contribution is -2.26. The Balaban J connectivity index is 2.30. The van der Waals surface area contributed by atoms with E-state index in [2.05, 4.69) is 10.4 Å². The number of hydrogen-bond donors (Lipinski definition) is 2. The maximum Gasteiger partial charge on any atom is 0.303 e. The van der Waals surface area contributed by atoms with Gasteiger partial charge >= 0.3 is 5.97 Å². The fraction of sp³-hybridized carbons (Fsp3) is 0.545. The van der Waals surface area contributed by atoms with Crippen molar-refractivity contribution < 1.29 is 14.7 Å². The molecular weight excluding hydrogens is 222 g/mol. The zero-order valence-electron chi connectivity index (χ0n) is 10.0. The van der Waals surface area contributed by atoms with E-state index in [1.54, 1.807) is 24.9 Å². The molecule has 1 atom stereocenters. The van der Waals surface area contributed by atoms with Crippen molar-refractivity contribution in [1.29, 1.82) is 0 Å². The van der Waals surface area contributed by atoms with E-state index in [9.17, 15) is 9.59 Å². The molecule has 1 aromatic heterocycles. The smallest absolute Gasteiger partial charge is 0.303 e. The maximum atomic E-state index is 11.5. The van der Waals surface area contributed by atoms with Crippen LogP contribution >= 0.6 is 0 Å². The molecule has 0 radical (unpaired) electrons. The minimum absolute atomic E-state index is 0.0130. The molecule has 0 fully saturated rings. The Bertz CT molecular complexity index is 400. The number of carboxylic acids is 1. The number of carbonyl (C=O) groups excluding carboxylic acids is 1. The SMILES string of the molecule is CC(CC(=O)O)CC(=O)NCc1ccnn1C. The van der Waals surface area contributed by atoms with Crippen LogP contribution in [0.1, 0.15) is 25.5 Å². The first-order valence-corrected chi connectivity index (χ1v) is 5.44. The van der Waals surface area contributed by atoms with E-state index in [-0.39, 0.29) is 24.7 Å². The van der Waals surface area contributed by atoms with Gasteiger partial charge in [-0.2, -0.15) is 5.10 Å². The third-order valence-electron chi connectivity index (χ3n) is 2.45. The van der Waals surface area contributed by atoms with Crippen LogP contribution in [0, 0.1) is 5.92 Å². The maximum absolute atomic E-state index is 11.5. The summed E-state index contributed by atoms with van der Waals surface area (Å²) in [7, 11) is 1.80. The van der Waals surface area contributed by atoms with Crippen molar-refractivity contribution in [2.45, 2.75) is 26.3 Å². The molecule has 1 unspecified atom stereocenters. The van der Waals surface area contributed by atoms with Gasteiger partial charge in [0.05, 0.1) is 12.2 Å². The van der Waals surface area contributed by atoms with Crippen LogP contribution in [0.5, 0.6) is 0 Å². The lowest BCUT2D eigenvalue weighted by atomic mass is 10.0. The zero-order valence-corrected chi connectivity index (χ0v) is 10.0. The number of nitrogens with zero attached hydrogens (tertiary/aromatic N) is 2. The summed E-state index contributed by atoms with van der Waals surface area (Å²) in [6.45, 7) is 2.16. The fourth-order valence-electron chi connectivity index (χ4n) is 1.52. The highest BCUT2D eigenvalue weighted by Gasteiger charge is 2.12. The molecule has 1 aromatic rings. The quantitative estimate of drug-likeness (QED) is 0.758. The van der Waals surface area contributed by atoms with Gasteiger partial charge in [0.25, 0.3) is 0 Å². The van der Waals surface area contributed by atoms with E-state index >= 15 is 0 Å². The third-order valence-corrected chi connectivity index (χ3v) is 2.45. The molecule has 0 bridgehead atoms. The molecule has 1 rings (SSSR count). The van der Waals surface area contributed by atoms with Crippen LogP contribution in [0.4, 0.5) is 0 Å². The van der Waals surface area contributed by atoms with Gasteiger partial charge in [-0.1, -0.05) is 6.92 Å². The molecule has 0 saturated carbocycles. The Kier molecular flexibility index (Phi) is 4.68. The van der Waals surface area contributed by atoms with Crippen LogP contribution in [0.15, 0.2) is 12.3 Å². The number of aryl methyl sites for hydroxylation is 1. The number of amides is 1. The Labute approximate surface area is 99.6 Å². The third kappa shape index (κ3) is 4.67. The molecule has 2 N–H and O–H groups in total. The molecule has 0 aliphatic carbocycles. The highest BCUT2D eigenvalue weighted by Crippen LogP contribution is 2.07. The average Bonchev–Trinajstić information content (AvgIpc) is 2.59. The number of carboxylic acid groups (broad SMARTS) is 1. The Morgan fingerprint density at radius 2 is 2.24 bits per heavy atom. The van der Waals surface area contributed by atoms with Gasteiger partial charge < -0.3 is 10.4 Å². The van der Waals surface area contributed by atoms with E-state index in [1.807, 2.05) is 6.07 Å². The normalized spacial score (nSPS) is 12.1. The van der Waals surface area contributed by atoms with Gasteiger partial charge in [-0.15, -0.1) is 0 Å². The Morgan fingerprint density at radius 3 is 2.76 bits per heavy atom. The van der Waals surface area contributed by atoms with E-state index in [0.29, 0.717) is 6.54 Å².